The molecule has 0 saturated carbocycles. The second-order valence-corrected chi connectivity index (χ2v) is 7.26. The molecule has 0 aromatic rings. The SMILES string of the molecule is CN(C)CCN=C1C=CNC2=CCC(=CC#N)CC23CSC=C13. The summed E-state index contributed by atoms with van der Waals surface area (Å²) >= 11 is 1.85. The molecule has 0 amide bonds. The van der Waals surface area contributed by atoms with Gasteiger partial charge in [0.15, 0.2) is 0 Å². The Morgan fingerprint density at radius 1 is 1.52 bits per heavy atom. The van der Waals surface area contributed by atoms with E-state index in [0.717, 1.165) is 37.4 Å². The average Bonchev–Trinajstić information content (AvgIpc) is 2.85. The largest absolute Gasteiger partial charge is 0.364 e. The van der Waals surface area contributed by atoms with Crippen molar-refractivity contribution in [2.24, 2.45) is 10.4 Å². The van der Waals surface area contributed by atoms with Crippen LogP contribution in [0.1, 0.15) is 12.8 Å². The fourth-order valence-electron chi connectivity index (χ4n) is 3.32. The summed E-state index contributed by atoms with van der Waals surface area (Å²) in [6, 6.07) is 2.19. The van der Waals surface area contributed by atoms with Gasteiger partial charge >= 0.3 is 0 Å². The quantitative estimate of drug-likeness (QED) is 0.810. The predicted octanol–water partition coefficient (Wildman–Crippen LogP) is 2.85. The zero-order chi connectivity index (χ0) is 16.3. The second kappa shape index (κ2) is 6.77. The van der Waals surface area contributed by atoms with Crippen LogP contribution in [-0.4, -0.2) is 43.5 Å². The van der Waals surface area contributed by atoms with Crippen LogP contribution in [0.2, 0.25) is 0 Å². The maximum Gasteiger partial charge on any atom is 0.0911 e. The van der Waals surface area contributed by atoms with E-state index in [-0.39, 0.29) is 5.41 Å². The van der Waals surface area contributed by atoms with Crippen molar-refractivity contribution < 1.29 is 0 Å². The molecule has 2 aliphatic heterocycles. The van der Waals surface area contributed by atoms with Gasteiger partial charge in [-0.05, 0) is 44.0 Å². The van der Waals surface area contributed by atoms with Crippen molar-refractivity contribution in [1.29, 1.82) is 5.26 Å². The molecule has 1 N–H and O–H groups in total. The highest BCUT2D eigenvalue weighted by atomic mass is 32.2. The summed E-state index contributed by atoms with van der Waals surface area (Å²) in [4.78, 5) is 6.99. The third-order valence-electron chi connectivity index (χ3n) is 4.51. The molecule has 0 aromatic carbocycles. The molecule has 0 fully saturated rings. The molecule has 1 aliphatic carbocycles. The second-order valence-electron chi connectivity index (χ2n) is 6.40. The first-order chi connectivity index (χ1) is 11.2. The Bertz CT molecular complexity index is 676. The summed E-state index contributed by atoms with van der Waals surface area (Å²) < 4.78 is 0. The van der Waals surface area contributed by atoms with Gasteiger partial charge in [-0.25, -0.2) is 0 Å². The van der Waals surface area contributed by atoms with E-state index in [1.54, 1.807) is 6.08 Å². The molecular formula is C18H22N4S. The van der Waals surface area contributed by atoms with Crippen molar-refractivity contribution in [3.05, 3.63) is 46.7 Å². The number of nitrogens with one attached hydrogen (secondary N) is 1. The Morgan fingerprint density at radius 2 is 2.39 bits per heavy atom. The van der Waals surface area contributed by atoms with Crippen LogP contribution in [0.4, 0.5) is 0 Å². The molecule has 0 saturated heterocycles. The minimum absolute atomic E-state index is 0.0496. The monoisotopic (exact) mass is 326 g/mol. The van der Waals surface area contributed by atoms with E-state index in [9.17, 15) is 0 Å². The summed E-state index contributed by atoms with van der Waals surface area (Å²) in [6.45, 7) is 1.74. The highest BCUT2D eigenvalue weighted by molar-refractivity contribution is 8.02. The number of hydrogen-bond donors (Lipinski definition) is 1. The van der Waals surface area contributed by atoms with Crippen molar-refractivity contribution in [1.82, 2.24) is 10.2 Å². The zero-order valence-electron chi connectivity index (χ0n) is 13.7. The van der Waals surface area contributed by atoms with E-state index >= 15 is 0 Å². The Morgan fingerprint density at radius 3 is 3.17 bits per heavy atom. The minimum atomic E-state index is -0.0496. The van der Waals surface area contributed by atoms with E-state index in [1.807, 2.05) is 18.0 Å². The Labute approximate surface area is 142 Å². The van der Waals surface area contributed by atoms with Crippen LogP contribution in [0.5, 0.6) is 0 Å². The number of thioether (sulfide) groups is 1. The van der Waals surface area contributed by atoms with Gasteiger partial charge in [0, 0.05) is 30.3 Å². The normalized spacial score (nSPS) is 29.5. The third kappa shape index (κ3) is 3.15. The molecule has 0 bridgehead atoms. The molecule has 3 aliphatic rings. The molecule has 4 nitrogen and oxygen atoms in total. The predicted molar refractivity (Wildman–Crippen MR) is 97.1 cm³/mol. The minimum Gasteiger partial charge on any atom is -0.364 e. The van der Waals surface area contributed by atoms with Crippen LogP contribution in [-0.2, 0) is 0 Å². The van der Waals surface area contributed by atoms with Crippen molar-refractivity contribution in [3.8, 4) is 6.07 Å². The van der Waals surface area contributed by atoms with Gasteiger partial charge in [-0.15, -0.1) is 11.8 Å². The molecule has 2 heterocycles. The average molecular weight is 326 g/mol. The number of nitrogens with zero attached hydrogens (tertiary/aromatic N) is 3. The molecule has 0 radical (unpaired) electrons. The molecule has 1 atom stereocenters. The van der Waals surface area contributed by atoms with E-state index in [1.165, 1.54) is 16.8 Å². The number of likely N-dealkylation sites (N-methyl/N-ethyl adjacent to an activating group) is 1. The lowest BCUT2D eigenvalue weighted by atomic mass is 9.69. The van der Waals surface area contributed by atoms with Gasteiger partial charge in [0.05, 0.1) is 23.7 Å². The van der Waals surface area contributed by atoms with E-state index in [2.05, 4.69) is 47.9 Å². The van der Waals surface area contributed by atoms with Crippen LogP contribution < -0.4 is 5.32 Å². The number of nitriles is 1. The van der Waals surface area contributed by atoms with Crippen molar-refractivity contribution in [2.45, 2.75) is 12.8 Å². The van der Waals surface area contributed by atoms with Gasteiger partial charge in [0.2, 0.25) is 0 Å². The molecule has 0 aromatic heterocycles. The summed E-state index contributed by atoms with van der Waals surface area (Å²) in [6.07, 6.45) is 9.80. The van der Waals surface area contributed by atoms with Crippen molar-refractivity contribution in [3.63, 3.8) is 0 Å². The van der Waals surface area contributed by atoms with Crippen molar-refractivity contribution in [2.75, 3.05) is 32.9 Å². The first kappa shape index (κ1) is 16.1. The van der Waals surface area contributed by atoms with Gasteiger partial charge in [-0.3, -0.25) is 4.99 Å². The van der Waals surface area contributed by atoms with Gasteiger partial charge in [-0.2, -0.15) is 5.26 Å². The van der Waals surface area contributed by atoms with Gasteiger partial charge in [0.1, 0.15) is 0 Å². The van der Waals surface area contributed by atoms with Crippen LogP contribution in [0.25, 0.3) is 0 Å². The van der Waals surface area contributed by atoms with Crippen molar-refractivity contribution >= 4 is 17.5 Å². The van der Waals surface area contributed by atoms with E-state index in [0.29, 0.717) is 0 Å². The fraction of sp³-hybridized carbons (Fsp3) is 0.444. The number of allylic oxidation sites excluding steroid dienone is 5. The Kier molecular flexibility index (Phi) is 4.74. The van der Waals surface area contributed by atoms with Crippen LogP contribution >= 0.6 is 11.8 Å². The van der Waals surface area contributed by atoms with Gasteiger partial charge < -0.3 is 10.2 Å². The van der Waals surface area contributed by atoms with Crippen LogP contribution in [0.15, 0.2) is 51.7 Å². The number of hydrogen-bond acceptors (Lipinski definition) is 5. The summed E-state index contributed by atoms with van der Waals surface area (Å²) in [5, 5.41) is 14.7. The molecule has 120 valence electrons. The van der Waals surface area contributed by atoms with Crippen LogP contribution in [0, 0.1) is 16.7 Å². The van der Waals surface area contributed by atoms with Crippen LogP contribution in [0.3, 0.4) is 0 Å². The summed E-state index contributed by atoms with van der Waals surface area (Å²) in [7, 11) is 4.13. The van der Waals surface area contributed by atoms with E-state index in [4.69, 9.17) is 10.3 Å². The molecule has 3 rings (SSSR count). The topological polar surface area (TPSA) is 51.4 Å². The molecule has 23 heavy (non-hydrogen) atoms. The lowest BCUT2D eigenvalue weighted by molar-refractivity contribution is 0.420. The van der Waals surface area contributed by atoms with Gasteiger partial charge in [0.25, 0.3) is 0 Å². The Hall–Kier alpha value is -1.77. The fourth-order valence-corrected chi connectivity index (χ4v) is 4.62. The summed E-state index contributed by atoms with van der Waals surface area (Å²) in [5.41, 5.74) is 4.80. The lowest BCUT2D eigenvalue weighted by Gasteiger charge is -2.37. The molecule has 1 spiro atoms. The maximum atomic E-state index is 9.01. The third-order valence-corrected chi connectivity index (χ3v) is 5.58. The first-order valence-electron chi connectivity index (χ1n) is 7.89. The lowest BCUT2D eigenvalue weighted by Crippen LogP contribution is -2.35. The highest BCUT2D eigenvalue weighted by Crippen LogP contribution is 2.52. The number of aliphatic imine (C=N–C) groups is 1. The zero-order valence-corrected chi connectivity index (χ0v) is 14.5. The highest BCUT2D eigenvalue weighted by Gasteiger charge is 2.45. The molecular weight excluding hydrogens is 304 g/mol. The van der Waals surface area contributed by atoms with Gasteiger partial charge in [-0.1, -0.05) is 11.6 Å². The Balaban J connectivity index is 1.94. The maximum absolute atomic E-state index is 9.01. The first-order valence-corrected chi connectivity index (χ1v) is 8.94. The summed E-state index contributed by atoms with van der Waals surface area (Å²) in [5.74, 6) is 1.01. The smallest absolute Gasteiger partial charge is 0.0911 e. The van der Waals surface area contributed by atoms with E-state index < -0.39 is 0 Å². The standard InChI is InChI=1S/C18H22N4S/c1-22(2)10-9-20-16-6-8-21-17-4-3-14(5-7-19)11-18(17)13-23-12-15(16)18/h4-6,8,12,21H,3,9-11,13H2,1-2H3. The molecule has 1 unspecified atom stereocenters. The molecule has 5 heteroatoms. The number of rotatable bonds is 3.